The molecule has 2 heterocycles. The fourth-order valence-electron chi connectivity index (χ4n) is 0.952. The Morgan fingerprint density at radius 1 is 1.42 bits per heavy atom. The summed E-state index contributed by atoms with van der Waals surface area (Å²) >= 11 is 0. The molecule has 60 valence electrons. The number of imidazole rings is 1. The van der Waals surface area contributed by atoms with Gasteiger partial charge >= 0.3 is 0 Å². The smallest absolute Gasteiger partial charge is 0.181 e. The van der Waals surface area contributed by atoms with Crippen LogP contribution in [0.5, 0.6) is 0 Å². The van der Waals surface area contributed by atoms with Gasteiger partial charge in [-0.25, -0.2) is 15.0 Å². The van der Waals surface area contributed by atoms with Crippen molar-refractivity contribution in [3.63, 3.8) is 0 Å². The Bertz CT molecular complexity index is 417. The molecule has 12 heavy (non-hydrogen) atoms. The first-order valence-electron chi connectivity index (χ1n) is 3.29. The third-order valence-electron chi connectivity index (χ3n) is 1.45. The van der Waals surface area contributed by atoms with Crippen LogP contribution in [0.1, 0.15) is 5.69 Å². The van der Waals surface area contributed by atoms with E-state index in [2.05, 4.69) is 25.0 Å². The fourth-order valence-corrected chi connectivity index (χ4v) is 0.952. The van der Waals surface area contributed by atoms with E-state index < -0.39 is 0 Å². The topological polar surface area (TPSA) is 92.8 Å². The summed E-state index contributed by atoms with van der Waals surface area (Å²) < 4.78 is 0. The zero-order chi connectivity index (χ0) is 8.39. The molecule has 0 fully saturated rings. The molecule has 0 saturated heterocycles. The molecule has 0 unspecified atom stereocenters. The van der Waals surface area contributed by atoms with E-state index in [1.165, 1.54) is 12.5 Å². The van der Waals surface area contributed by atoms with E-state index in [1.807, 2.05) is 0 Å². The van der Waals surface area contributed by atoms with E-state index in [9.17, 15) is 0 Å². The second kappa shape index (κ2) is 2.57. The third kappa shape index (κ3) is 0.895. The quantitative estimate of drug-likeness (QED) is 0.340. The second-order valence-electron chi connectivity index (χ2n) is 2.14. The first-order valence-corrected chi connectivity index (χ1v) is 3.29. The molecule has 0 aliphatic heterocycles. The van der Waals surface area contributed by atoms with Crippen LogP contribution < -0.4 is 5.84 Å². The van der Waals surface area contributed by atoms with Gasteiger partial charge in [-0.05, 0) is 0 Å². The Hall–Kier alpha value is -1.98. The van der Waals surface area contributed by atoms with Crippen LogP contribution in [0, 0.1) is 0 Å². The first kappa shape index (κ1) is 6.71. The van der Waals surface area contributed by atoms with Crippen LogP contribution in [0.25, 0.3) is 11.2 Å². The van der Waals surface area contributed by atoms with Crippen LogP contribution in [-0.2, 0) is 0 Å². The minimum Gasteiger partial charge on any atom is -0.341 e. The number of hydrogen-bond acceptors (Lipinski definition) is 5. The molecule has 2 rings (SSSR count). The van der Waals surface area contributed by atoms with Gasteiger partial charge in [-0.3, -0.25) is 0 Å². The predicted octanol–water partition coefficient (Wildman–Crippen LogP) is -0.355. The van der Waals surface area contributed by atoms with Crippen molar-refractivity contribution in [2.75, 3.05) is 0 Å². The van der Waals surface area contributed by atoms with Gasteiger partial charge < -0.3 is 10.8 Å². The number of fused-ring (bicyclic) bond motifs is 1. The number of rotatable bonds is 1. The van der Waals surface area contributed by atoms with E-state index in [0.29, 0.717) is 11.3 Å². The van der Waals surface area contributed by atoms with Gasteiger partial charge in [0.1, 0.15) is 17.5 Å². The summed E-state index contributed by atoms with van der Waals surface area (Å²) in [7, 11) is 0. The van der Waals surface area contributed by atoms with Gasteiger partial charge in [0.2, 0.25) is 0 Å². The minimum atomic E-state index is 0.611. The van der Waals surface area contributed by atoms with Crippen molar-refractivity contribution in [2.24, 2.45) is 10.9 Å². The van der Waals surface area contributed by atoms with Crippen molar-refractivity contribution in [3.05, 3.63) is 18.3 Å². The molecule has 0 saturated carbocycles. The van der Waals surface area contributed by atoms with Crippen LogP contribution in [0.15, 0.2) is 17.8 Å². The summed E-state index contributed by atoms with van der Waals surface area (Å²) in [6.07, 6.45) is 4.41. The van der Waals surface area contributed by atoms with E-state index in [-0.39, 0.29) is 0 Å². The average Bonchev–Trinajstić information content (AvgIpc) is 2.53. The molecule has 0 radical (unpaired) electrons. The molecule has 0 bridgehead atoms. The monoisotopic (exact) mass is 162 g/mol. The number of aromatic amines is 1. The number of hydrogen-bond donors (Lipinski definition) is 2. The summed E-state index contributed by atoms with van der Waals surface area (Å²) in [6, 6.07) is 0. The number of nitrogens with two attached hydrogens (primary N) is 1. The first-order chi connectivity index (χ1) is 5.92. The number of nitrogens with one attached hydrogen (secondary N) is 1. The van der Waals surface area contributed by atoms with Gasteiger partial charge in [-0.2, -0.15) is 5.10 Å². The molecule has 3 N–H and O–H groups in total. The van der Waals surface area contributed by atoms with Crippen molar-refractivity contribution in [1.29, 1.82) is 0 Å². The molecule has 0 aromatic carbocycles. The van der Waals surface area contributed by atoms with Crippen molar-refractivity contribution in [2.45, 2.75) is 0 Å². The van der Waals surface area contributed by atoms with E-state index in [0.717, 1.165) is 5.52 Å². The molecule has 0 amide bonds. The third-order valence-corrected chi connectivity index (χ3v) is 1.45. The van der Waals surface area contributed by atoms with E-state index >= 15 is 0 Å². The van der Waals surface area contributed by atoms with Gasteiger partial charge in [0.25, 0.3) is 0 Å². The molecule has 2 aromatic rings. The Kier molecular flexibility index (Phi) is 1.44. The van der Waals surface area contributed by atoms with E-state index in [4.69, 9.17) is 5.84 Å². The van der Waals surface area contributed by atoms with Gasteiger partial charge in [0, 0.05) is 0 Å². The Balaban J connectivity index is 2.73. The summed E-state index contributed by atoms with van der Waals surface area (Å²) in [6.45, 7) is 0. The van der Waals surface area contributed by atoms with Gasteiger partial charge in [0.05, 0.1) is 12.5 Å². The number of hydrazone groups is 1. The van der Waals surface area contributed by atoms with Gasteiger partial charge in [-0.1, -0.05) is 0 Å². The zero-order valence-corrected chi connectivity index (χ0v) is 6.10. The van der Waals surface area contributed by atoms with Crippen LogP contribution in [0.4, 0.5) is 0 Å². The lowest BCUT2D eigenvalue weighted by atomic mass is 10.4. The molecule has 6 nitrogen and oxygen atoms in total. The van der Waals surface area contributed by atoms with Crippen LogP contribution in [-0.4, -0.2) is 26.2 Å². The molecular weight excluding hydrogens is 156 g/mol. The van der Waals surface area contributed by atoms with Crippen molar-refractivity contribution in [3.8, 4) is 0 Å². The lowest BCUT2D eigenvalue weighted by Gasteiger charge is -1.90. The molecule has 0 spiro atoms. The Morgan fingerprint density at radius 2 is 2.33 bits per heavy atom. The maximum atomic E-state index is 5.00. The molecule has 6 heteroatoms. The molecule has 0 aliphatic carbocycles. The highest BCUT2D eigenvalue weighted by atomic mass is 15.1. The van der Waals surface area contributed by atoms with Crippen molar-refractivity contribution in [1.82, 2.24) is 19.9 Å². The van der Waals surface area contributed by atoms with Gasteiger partial charge in [-0.15, -0.1) is 0 Å². The molecular formula is C6H6N6. The molecule has 0 atom stereocenters. The van der Waals surface area contributed by atoms with Crippen LogP contribution >= 0.6 is 0 Å². The lowest BCUT2D eigenvalue weighted by Crippen LogP contribution is -1.93. The summed E-state index contributed by atoms with van der Waals surface area (Å²) in [5.41, 5.74) is 1.99. The molecule has 0 aliphatic rings. The standard InChI is InChI=1S/C6H6N6/c7-12-1-4-5-6(10-2-8-4)11-3-9-5/h1-3H,7H2,(H,8,9,10,11). The highest BCUT2D eigenvalue weighted by Crippen LogP contribution is 2.06. The highest BCUT2D eigenvalue weighted by Gasteiger charge is 2.01. The maximum absolute atomic E-state index is 5.00. The number of nitrogens with zero attached hydrogens (tertiary/aromatic N) is 4. The van der Waals surface area contributed by atoms with Crippen LogP contribution in [0.3, 0.4) is 0 Å². The van der Waals surface area contributed by atoms with Crippen molar-refractivity contribution >= 4 is 17.4 Å². The van der Waals surface area contributed by atoms with Gasteiger partial charge in [0.15, 0.2) is 5.65 Å². The predicted molar refractivity (Wildman–Crippen MR) is 43.5 cm³/mol. The maximum Gasteiger partial charge on any atom is 0.181 e. The highest BCUT2D eigenvalue weighted by molar-refractivity contribution is 5.92. The summed E-state index contributed by atoms with van der Waals surface area (Å²) in [5, 5.41) is 3.37. The Labute approximate surface area is 67.6 Å². The number of aromatic nitrogens is 4. The fraction of sp³-hybridized carbons (Fsp3) is 0. The lowest BCUT2D eigenvalue weighted by molar-refractivity contribution is 1.18. The van der Waals surface area contributed by atoms with E-state index in [1.54, 1.807) is 6.33 Å². The largest absolute Gasteiger partial charge is 0.341 e. The SMILES string of the molecule is NN=Cc1ncnc2nc[nH]c12. The average molecular weight is 162 g/mol. The summed E-state index contributed by atoms with van der Waals surface area (Å²) in [4.78, 5) is 14.7. The normalized spacial score (nSPS) is 11.3. The summed E-state index contributed by atoms with van der Waals surface area (Å²) in [5.74, 6) is 5.00. The second-order valence-corrected chi connectivity index (χ2v) is 2.14. The minimum absolute atomic E-state index is 0.611. The zero-order valence-electron chi connectivity index (χ0n) is 6.10. The van der Waals surface area contributed by atoms with Crippen LogP contribution in [0.2, 0.25) is 0 Å². The Morgan fingerprint density at radius 3 is 3.17 bits per heavy atom. The number of H-pyrrole nitrogens is 1. The van der Waals surface area contributed by atoms with Crippen molar-refractivity contribution < 1.29 is 0 Å². The molecule has 2 aromatic heterocycles.